The number of thiazole rings is 1. The lowest BCUT2D eigenvalue weighted by molar-refractivity contribution is 0.0628. The number of amides is 1. The monoisotopic (exact) mass is 345 g/mol. The van der Waals surface area contributed by atoms with E-state index in [9.17, 15) is 4.79 Å². The molecule has 1 amide bonds. The van der Waals surface area contributed by atoms with Gasteiger partial charge < -0.3 is 9.32 Å². The van der Waals surface area contributed by atoms with Crippen molar-refractivity contribution in [2.45, 2.75) is 39.2 Å². The summed E-state index contributed by atoms with van der Waals surface area (Å²) in [4.78, 5) is 22.9. The molecule has 2 aromatic heterocycles. The zero-order valence-electron chi connectivity index (χ0n) is 14.2. The summed E-state index contributed by atoms with van der Waals surface area (Å²) in [6.07, 6.45) is 4.65. The summed E-state index contributed by atoms with van der Waals surface area (Å²) in [6, 6.07) is 1.85. The second kappa shape index (κ2) is 6.33. The maximum atomic E-state index is 12.6. The van der Waals surface area contributed by atoms with E-state index in [-0.39, 0.29) is 5.91 Å². The average Bonchev–Trinajstić information content (AvgIpc) is 3.23. The van der Waals surface area contributed by atoms with Gasteiger partial charge in [0.05, 0.1) is 10.6 Å². The van der Waals surface area contributed by atoms with E-state index < -0.39 is 0 Å². The Hall–Kier alpha value is -1.66. The molecule has 0 spiro atoms. The molecule has 2 aromatic rings. The molecule has 0 unspecified atom stereocenters. The summed E-state index contributed by atoms with van der Waals surface area (Å²) >= 11 is 1.86. The van der Waals surface area contributed by atoms with Gasteiger partial charge in [-0.2, -0.15) is 0 Å². The number of rotatable bonds is 4. The van der Waals surface area contributed by atoms with Crippen LogP contribution in [0.5, 0.6) is 0 Å². The minimum absolute atomic E-state index is 0.0952. The molecule has 128 valence electrons. The normalized spacial score (nSPS) is 19.0. The van der Waals surface area contributed by atoms with E-state index in [1.54, 1.807) is 0 Å². The maximum absolute atomic E-state index is 12.6. The van der Waals surface area contributed by atoms with Gasteiger partial charge in [-0.3, -0.25) is 9.69 Å². The largest absolute Gasteiger partial charge is 0.466 e. The van der Waals surface area contributed by atoms with Gasteiger partial charge in [0.2, 0.25) is 0 Å². The third-order valence-corrected chi connectivity index (χ3v) is 5.95. The Labute approximate surface area is 146 Å². The molecule has 0 N–H and O–H groups in total. The Kier molecular flexibility index (Phi) is 4.18. The number of piperazine rings is 1. The lowest BCUT2D eigenvalue weighted by Crippen LogP contribution is -2.48. The van der Waals surface area contributed by atoms with Crippen LogP contribution in [-0.2, 0) is 6.54 Å². The molecule has 2 fully saturated rings. The van der Waals surface area contributed by atoms with Gasteiger partial charge >= 0.3 is 0 Å². The van der Waals surface area contributed by atoms with Gasteiger partial charge in [-0.15, -0.1) is 11.3 Å². The maximum Gasteiger partial charge on any atom is 0.257 e. The average molecular weight is 345 g/mol. The molecule has 1 saturated carbocycles. The Balaban J connectivity index is 1.32. The lowest BCUT2D eigenvalue weighted by atomic mass is 10.2. The fourth-order valence-corrected chi connectivity index (χ4v) is 4.39. The minimum atomic E-state index is 0.0952. The lowest BCUT2D eigenvalue weighted by Gasteiger charge is -2.34. The van der Waals surface area contributed by atoms with Gasteiger partial charge in [-0.05, 0) is 32.8 Å². The van der Waals surface area contributed by atoms with E-state index in [4.69, 9.17) is 4.42 Å². The fourth-order valence-electron chi connectivity index (χ4n) is 3.26. The van der Waals surface area contributed by atoms with Gasteiger partial charge in [0.1, 0.15) is 11.5 Å². The first-order chi connectivity index (χ1) is 11.6. The second-order valence-corrected chi connectivity index (χ2v) is 7.98. The molecule has 0 atom stereocenters. The number of aromatic nitrogens is 1. The molecular weight excluding hydrogens is 322 g/mol. The quantitative estimate of drug-likeness (QED) is 0.854. The number of hydrogen-bond donors (Lipinski definition) is 0. The van der Waals surface area contributed by atoms with Crippen molar-refractivity contribution in [3.63, 3.8) is 0 Å². The van der Waals surface area contributed by atoms with Crippen molar-refractivity contribution in [3.8, 4) is 0 Å². The molecule has 0 aromatic carbocycles. The van der Waals surface area contributed by atoms with Crippen LogP contribution < -0.4 is 0 Å². The molecule has 6 heteroatoms. The standard InChI is InChI=1S/C18H23N3O2S/c1-12-9-16(13(2)23-12)18(22)21-7-5-20(6-8-21)11-15-10-19-17(24-15)14-3-4-14/h9-10,14H,3-8,11H2,1-2H3. The smallest absolute Gasteiger partial charge is 0.257 e. The predicted molar refractivity (Wildman–Crippen MR) is 93.5 cm³/mol. The van der Waals surface area contributed by atoms with Gasteiger partial charge in [0.15, 0.2) is 0 Å². The first-order valence-corrected chi connectivity index (χ1v) is 9.45. The molecular formula is C18H23N3O2S. The zero-order chi connectivity index (χ0) is 16.7. The van der Waals surface area contributed by atoms with Gasteiger partial charge in [-0.1, -0.05) is 0 Å². The highest BCUT2D eigenvalue weighted by Crippen LogP contribution is 2.41. The molecule has 5 nitrogen and oxygen atoms in total. The SMILES string of the molecule is Cc1cc(C(=O)N2CCN(Cc3cnc(C4CC4)s3)CC2)c(C)o1. The van der Waals surface area contributed by atoms with Crippen LogP contribution >= 0.6 is 11.3 Å². The van der Waals surface area contributed by atoms with Crippen molar-refractivity contribution >= 4 is 17.2 Å². The topological polar surface area (TPSA) is 49.6 Å². The summed E-state index contributed by atoms with van der Waals surface area (Å²) in [7, 11) is 0. The highest BCUT2D eigenvalue weighted by Gasteiger charge is 2.28. The zero-order valence-corrected chi connectivity index (χ0v) is 15.1. The molecule has 1 aliphatic heterocycles. The third-order valence-electron chi connectivity index (χ3n) is 4.81. The van der Waals surface area contributed by atoms with E-state index in [0.717, 1.165) is 50.2 Å². The second-order valence-electron chi connectivity index (χ2n) is 6.83. The van der Waals surface area contributed by atoms with Crippen molar-refractivity contribution in [3.05, 3.63) is 39.2 Å². The number of furan rings is 1. The van der Waals surface area contributed by atoms with Crippen molar-refractivity contribution in [2.24, 2.45) is 0 Å². The van der Waals surface area contributed by atoms with Crippen LogP contribution in [0.1, 0.15) is 50.5 Å². The summed E-state index contributed by atoms with van der Waals surface area (Å²) in [5.74, 6) is 2.35. The summed E-state index contributed by atoms with van der Waals surface area (Å²) in [5.41, 5.74) is 0.706. The van der Waals surface area contributed by atoms with E-state index in [1.807, 2.05) is 42.3 Å². The molecule has 0 radical (unpaired) electrons. The number of carbonyl (C=O) groups excluding carboxylic acids is 1. The van der Waals surface area contributed by atoms with Crippen LogP contribution in [0, 0.1) is 13.8 Å². The van der Waals surface area contributed by atoms with E-state index in [0.29, 0.717) is 5.56 Å². The Morgan fingerprint density at radius 3 is 2.67 bits per heavy atom. The third kappa shape index (κ3) is 3.26. The fraction of sp³-hybridized carbons (Fsp3) is 0.556. The highest BCUT2D eigenvalue weighted by atomic mass is 32.1. The van der Waals surface area contributed by atoms with Crippen LogP contribution in [-0.4, -0.2) is 46.9 Å². The summed E-state index contributed by atoms with van der Waals surface area (Å²) < 4.78 is 5.49. The molecule has 3 heterocycles. The minimum Gasteiger partial charge on any atom is -0.466 e. The van der Waals surface area contributed by atoms with Crippen LogP contribution in [0.4, 0.5) is 0 Å². The summed E-state index contributed by atoms with van der Waals surface area (Å²) in [5, 5.41) is 1.31. The first kappa shape index (κ1) is 15.8. The first-order valence-electron chi connectivity index (χ1n) is 8.63. The Morgan fingerprint density at radius 1 is 1.29 bits per heavy atom. The highest BCUT2D eigenvalue weighted by molar-refractivity contribution is 7.11. The molecule has 2 aliphatic rings. The number of hydrogen-bond acceptors (Lipinski definition) is 5. The van der Waals surface area contributed by atoms with Crippen LogP contribution in [0.15, 0.2) is 16.7 Å². The van der Waals surface area contributed by atoms with E-state index in [2.05, 4.69) is 9.88 Å². The van der Waals surface area contributed by atoms with Crippen LogP contribution in [0.3, 0.4) is 0 Å². The molecule has 0 bridgehead atoms. The molecule has 24 heavy (non-hydrogen) atoms. The predicted octanol–water partition coefficient (Wildman–Crippen LogP) is 3.19. The van der Waals surface area contributed by atoms with E-state index in [1.165, 1.54) is 22.7 Å². The van der Waals surface area contributed by atoms with E-state index >= 15 is 0 Å². The molecule has 1 saturated heterocycles. The summed E-state index contributed by atoms with van der Waals surface area (Å²) in [6.45, 7) is 8.07. The number of aryl methyl sites for hydroxylation is 2. The van der Waals surface area contributed by atoms with Crippen molar-refractivity contribution in [1.82, 2.24) is 14.8 Å². The van der Waals surface area contributed by atoms with Gasteiger partial charge in [0.25, 0.3) is 5.91 Å². The van der Waals surface area contributed by atoms with Crippen LogP contribution in [0.2, 0.25) is 0 Å². The molecule has 4 rings (SSSR count). The molecule has 1 aliphatic carbocycles. The van der Waals surface area contributed by atoms with Crippen molar-refractivity contribution in [1.29, 1.82) is 0 Å². The van der Waals surface area contributed by atoms with Crippen LogP contribution in [0.25, 0.3) is 0 Å². The number of nitrogens with zero attached hydrogens (tertiary/aromatic N) is 3. The van der Waals surface area contributed by atoms with Gasteiger partial charge in [0, 0.05) is 49.7 Å². The Morgan fingerprint density at radius 2 is 2.04 bits per heavy atom. The van der Waals surface area contributed by atoms with Gasteiger partial charge in [-0.25, -0.2) is 4.98 Å². The Bertz CT molecular complexity index is 739. The van der Waals surface area contributed by atoms with Crippen molar-refractivity contribution < 1.29 is 9.21 Å². The van der Waals surface area contributed by atoms with Crippen molar-refractivity contribution in [2.75, 3.05) is 26.2 Å². The number of carbonyl (C=O) groups is 1.